The Kier molecular flexibility index (Phi) is 6.86. The lowest BCUT2D eigenvalue weighted by Gasteiger charge is -2.36. The summed E-state index contributed by atoms with van der Waals surface area (Å²) in [6.07, 6.45) is 0. The zero-order chi connectivity index (χ0) is 20.8. The fourth-order valence-electron chi connectivity index (χ4n) is 3.68. The van der Waals surface area contributed by atoms with E-state index >= 15 is 0 Å². The number of anilines is 4. The molecule has 0 saturated carbocycles. The molecule has 1 N–H and O–H groups in total. The molecule has 1 aliphatic rings. The molecule has 0 radical (unpaired) electrons. The number of nitrogens with zero attached hydrogens (tertiary/aromatic N) is 4. The van der Waals surface area contributed by atoms with E-state index in [4.69, 9.17) is 0 Å². The van der Waals surface area contributed by atoms with Gasteiger partial charge in [-0.3, -0.25) is 0 Å². The van der Waals surface area contributed by atoms with Crippen LogP contribution < -0.4 is 20.0 Å². The number of hydrogen-bond donors (Lipinski definition) is 1. The number of urea groups is 1. The van der Waals surface area contributed by atoms with E-state index in [2.05, 4.69) is 70.3 Å². The summed E-state index contributed by atoms with van der Waals surface area (Å²) in [6.45, 7) is 9.38. The van der Waals surface area contributed by atoms with E-state index in [0.29, 0.717) is 0 Å². The molecule has 0 atom stereocenters. The molecular weight excluding hydrogens is 362 g/mol. The van der Waals surface area contributed by atoms with Crippen molar-refractivity contribution in [2.75, 3.05) is 73.4 Å². The highest BCUT2D eigenvalue weighted by Gasteiger charge is 2.21. The van der Waals surface area contributed by atoms with Crippen LogP contribution in [0.4, 0.5) is 27.5 Å². The molecular formula is C23H33N5O. The van der Waals surface area contributed by atoms with Crippen molar-refractivity contribution in [2.45, 2.75) is 13.8 Å². The highest BCUT2D eigenvalue weighted by molar-refractivity contribution is 5.89. The van der Waals surface area contributed by atoms with Crippen LogP contribution in [-0.4, -0.2) is 64.3 Å². The van der Waals surface area contributed by atoms with Crippen LogP contribution >= 0.6 is 0 Å². The van der Waals surface area contributed by atoms with Crippen molar-refractivity contribution in [3.8, 4) is 0 Å². The molecule has 2 amide bonds. The van der Waals surface area contributed by atoms with Gasteiger partial charge in [0.25, 0.3) is 0 Å². The smallest absolute Gasteiger partial charge is 0.321 e. The summed E-state index contributed by atoms with van der Waals surface area (Å²) in [5.41, 5.74) is 4.43. The first-order valence-electron chi connectivity index (χ1n) is 10.4. The van der Waals surface area contributed by atoms with Gasteiger partial charge in [-0.05, 0) is 62.4 Å². The Bertz CT molecular complexity index is 776. The molecule has 0 bridgehead atoms. The minimum atomic E-state index is -0.0248. The monoisotopic (exact) mass is 395 g/mol. The standard InChI is InChI=1S/C23H33N5O/c1-5-26(6-2)21-9-7-19(8-10-21)24-23(29)28-17-15-27(16-18-28)22-13-11-20(12-14-22)25(3)4/h7-14H,5-6,15-18H2,1-4H3,(H,24,29). The molecule has 1 aliphatic heterocycles. The van der Waals surface area contributed by atoms with Crippen LogP contribution in [0, 0.1) is 0 Å². The van der Waals surface area contributed by atoms with Crippen LogP contribution in [-0.2, 0) is 0 Å². The van der Waals surface area contributed by atoms with Gasteiger partial charge in [-0.2, -0.15) is 0 Å². The molecule has 2 aromatic rings. The van der Waals surface area contributed by atoms with Gasteiger partial charge in [0.05, 0.1) is 0 Å². The fraction of sp³-hybridized carbons (Fsp3) is 0.435. The van der Waals surface area contributed by atoms with Gasteiger partial charge >= 0.3 is 6.03 Å². The number of carbonyl (C=O) groups is 1. The maximum atomic E-state index is 12.6. The van der Waals surface area contributed by atoms with Crippen LogP contribution in [0.3, 0.4) is 0 Å². The maximum Gasteiger partial charge on any atom is 0.321 e. The normalized spacial score (nSPS) is 13.9. The molecule has 0 aromatic heterocycles. The summed E-state index contributed by atoms with van der Waals surface area (Å²) >= 11 is 0. The van der Waals surface area contributed by atoms with E-state index in [1.807, 2.05) is 31.1 Å². The molecule has 3 rings (SSSR count). The quantitative estimate of drug-likeness (QED) is 0.804. The maximum absolute atomic E-state index is 12.6. The van der Waals surface area contributed by atoms with Gasteiger partial charge in [-0.15, -0.1) is 0 Å². The van der Waals surface area contributed by atoms with Gasteiger partial charge in [0.2, 0.25) is 0 Å². The molecule has 1 saturated heterocycles. The van der Waals surface area contributed by atoms with E-state index in [-0.39, 0.29) is 6.03 Å². The summed E-state index contributed by atoms with van der Waals surface area (Å²) in [6, 6.07) is 16.7. The summed E-state index contributed by atoms with van der Waals surface area (Å²) < 4.78 is 0. The Labute approximate surface area is 174 Å². The van der Waals surface area contributed by atoms with Gasteiger partial charge in [0.15, 0.2) is 0 Å². The highest BCUT2D eigenvalue weighted by atomic mass is 16.2. The third kappa shape index (κ3) is 5.13. The SMILES string of the molecule is CCN(CC)c1ccc(NC(=O)N2CCN(c3ccc(N(C)C)cc3)CC2)cc1. The van der Waals surface area contributed by atoms with E-state index in [0.717, 1.165) is 45.0 Å². The van der Waals surface area contributed by atoms with Crippen LogP contribution in [0.25, 0.3) is 0 Å². The van der Waals surface area contributed by atoms with Gasteiger partial charge < -0.3 is 24.9 Å². The molecule has 2 aromatic carbocycles. The average molecular weight is 396 g/mol. The van der Waals surface area contributed by atoms with Crippen LogP contribution in [0.5, 0.6) is 0 Å². The number of benzene rings is 2. The zero-order valence-corrected chi connectivity index (χ0v) is 18.1. The van der Waals surface area contributed by atoms with Gasteiger partial charge in [0, 0.05) is 76.1 Å². The summed E-state index contributed by atoms with van der Waals surface area (Å²) in [7, 11) is 4.09. The van der Waals surface area contributed by atoms with E-state index < -0.39 is 0 Å². The molecule has 0 spiro atoms. The molecule has 1 heterocycles. The van der Waals surface area contributed by atoms with Crippen LogP contribution in [0.2, 0.25) is 0 Å². The molecule has 0 unspecified atom stereocenters. The summed E-state index contributed by atoms with van der Waals surface area (Å²) in [5, 5.41) is 3.03. The van der Waals surface area contributed by atoms with E-state index in [1.54, 1.807) is 0 Å². The zero-order valence-electron chi connectivity index (χ0n) is 18.1. The lowest BCUT2D eigenvalue weighted by Crippen LogP contribution is -2.50. The Balaban J connectivity index is 1.52. The first kappa shape index (κ1) is 20.8. The second-order valence-electron chi connectivity index (χ2n) is 7.53. The van der Waals surface area contributed by atoms with Crippen molar-refractivity contribution in [3.63, 3.8) is 0 Å². The van der Waals surface area contributed by atoms with Gasteiger partial charge in [0.1, 0.15) is 0 Å². The summed E-state index contributed by atoms with van der Waals surface area (Å²) in [5.74, 6) is 0. The Morgan fingerprint density at radius 2 is 1.41 bits per heavy atom. The predicted molar refractivity (Wildman–Crippen MR) is 124 cm³/mol. The fourth-order valence-corrected chi connectivity index (χ4v) is 3.68. The molecule has 6 heteroatoms. The second-order valence-corrected chi connectivity index (χ2v) is 7.53. The average Bonchev–Trinajstić information content (AvgIpc) is 2.76. The van der Waals surface area contributed by atoms with Crippen molar-refractivity contribution in [1.82, 2.24) is 4.90 Å². The third-order valence-electron chi connectivity index (χ3n) is 5.55. The highest BCUT2D eigenvalue weighted by Crippen LogP contribution is 2.22. The molecule has 156 valence electrons. The lowest BCUT2D eigenvalue weighted by atomic mass is 10.2. The third-order valence-corrected chi connectivity index (χ3v) is 5.55. The molecule has 29 heavy (non-hydrogen) atoms. The largest absolute Gasteiger partial charge is 0.378 e. The molecule has 1 fully saturated rings. The van der Waals surface area contributed by atoms with Crippen LogP contribution in [0.15, 0.2) is 48.5 Å². The van der Waals surface area contributed by atoms with Crippen molar-refractivity contribution in [1.29, 1.82) is 0 Å². The second kappa shape index (κ2) is 9.54. The molecule has 0 aliphatic carbocycles. The topological polar surface area (TPSA) is 42.1 Å². The number of hydrogen-bond acceptors (Lipinski definition) is 4. The number of piperazine rings is 1. The minimum Gasteiger partial charge on any atom is -0.378 e. The first-order valence-corrected chi connectivity index (χ1v) is 10.4. The number of nitrogens with one attached hydrogen (secondary N) is 1. The molecule has 6 nitrogen and oxygen atoms in total. The van der Waals surface area contributed by atoms with E-state index in [9.17, 15) is 4.79 Å². The lowest BCUT2D eigenvalue weighted by molar-refractivity contribution is 0.208. The van der Waals surface area contributed by atoms with Crippen molar-refractivity contribution >= 4 is 28.8 Å². The van der Waals surface area contributed by atoms with Crippen LogP contribution in [0.1, 0.15) is 13.8 Å². The van der Waals surface area contributed by atoms with E-state index in [1.165, 1.54) is 17.1 Å². The predicted octanol–water partition coefficient (Wildman–Crippen LogP) is 3.95. The number of amides is 2. The number of rotatable bonds is 6. The Morgan fingerprint density at radius 3 is 1.93 bits per heavy atom. The minimum absolute atomic E-state index is 0.0248. The summed E-state index contributed by atoms with van der Waals surface area (Å²) in [4.78, 5) is 21.3. The Morgan fingerprint density at radius 1 is 0.862 bits per heavy atom. The van der Waals surface area contributed by atoms with Gasteiger partial charge in [-0.25, -0.2) is 4.79 Å². The van der Waals surface area contributed by atoms with Crippen molar-refractivity contribution in [3.05, 3.63) is 48.5 Å². The number of carbonyl (C=O) groups excluding carboxylic acids is 1. The van der Waals surface area contributed by atoms with Gasteiger partial charge in [-0.1, -0.05) is 0 Å². The van der Waals surface area contributed by atoms with Crippen molar-refractivity contribution < 1.29 is 4.79 Å². The first-order chi connectivity index (χ1) is 14.0. The van der Waals surface area contributed by atoms with Crippen molar-refractivity contribution in [2.24, 2.45) is 0 Å². The Hall–Kier alpha value is -2.89.